The van der Waals surface area contributed by atoms with Crippen molar-refractivity contribution in [3.63, 3.8) is 0 Å². The minimum absolute atomic E-state index is 0.0700. The molecule has 2 aromatic heterocycles. The van der Waals surface area contributed by atoms with Gasteiger partial charge in [0.2, 0.25) is 0 Å². The number of carbonyl (C=O) groups is 1. The number of fused-ring (bicyclic) bond motifs is 1. The lowest BCUT2D eigenvalue weighted by Crippen LogP contribution is -2.30. The van der Waals surface area contributed by atoms with Crippen molar-refractivity contribution < 1.29 is 4.79 Å². The van der Waals surface area contributed by atoms with Gasteiger partial charge in [0.1, 0.15) is 5.65 Å². The molecule has 0 atom stereocenters. The Morgan fingerprint density at radius 1 is 1.38 bits per heavy atom. The van der Waals surface area contributed by atoms with Crippen molar-refractivity contribution in [1.82, 2.24) is 14.3 Å². The Bertz CT molecular complexity index is 500. The molecule has 0 aromatic carbocycles. The van der Waals surface area contributed by atoms with Crippen molar-refractivity contribution in [1.29, 1.82) is 0 Å². The minimum Gasteiger partial charge on any atom is -0.339 e. The quantitative estimate of drug-likeness (QED) is 0.786. The Morgan fingerprint density at radius 3 is 2.81 bits per heavy atom. The van der Waals surface area contributed by atoms with Crippen LogP contribution in [0, 0.1) is 0 Å². The first-order valence-electron chi connectivity index (χ1n) is 5.48. The Kier molecular flexibility index (Phi) is 2.90. The highest BCUT2D eigenvalue weighted by Gasteiger charge is 2.12. The van der Waals surface area contributed by atoms with Crippen LogP contribution in [0.15, 0.2) is 30.7 Å². The molecule has 0 unspecified atom stereocenters. The summed E-state index contributed by atoms with van der Waals surface area (Å²) in [5.74, 6) is 0.0700. The molecule has 0 N–H and O–H groups in total. The van der Waals surface area contributed by atoms with Crippen LogP contribution in [0.1, 0.15) is 24.2 Å². The molecule has 0 aliphatic rings. The zero-order valence-electron chi connectivity index (χ0n) is 9.55. The third-order valence-corrected chi connectivity index (χ3v) is 2.69. The highest BCUT2D eigenvalue weighted by molar-refractivity contribution is 5.94. The van der Waals surface area contributed by atoms with Gasteiger partial charge in [-0.3, -0.25) is 4.79 Å². The predicted molar refractivity (Wildman–Crippen MR) is 62.4 cm³/mol. The van der Waals surface area contributed by atoms with Crippen LogP contribution in [-0.4, -0.2) is 33.3 Å². The van der Waals surface area contributed by atoms with Gasteiger partial charge in [-0.2, -0.15) is 0 Å². The number of aromatic nitrogens is 2. The second-order valence-corrected chi connectivity index (χ2v) is 3.59. The van der Waals surface area contributed by atoms with Gasteiger partial charge in [-0.05, 0) is 26.0 Å². The van der Waals surface area contributed by atoms with Gasteiger partial charge in [0.05, 0.1) is 5.56 Å². The number of hydrogen-bond acceptors (Lipinski definition) is 2. The Morgan fingerprint density at radius 2 is 2.12 bits per heavy atom. The van der Waals surface area contributed by atoms with Crippen molar-refractivity contribution in [2.45, 2.75) is 13.8 Å². The molecule has 2 aromatic rings. The molecule has 0 fully saturated rings. The lowest BCUT2D eigenvalue weighted by Gasteiger charge is -2.18. The van der Waals surface area contributed by atoms with Crippen LogP contribution in [0.5, 0.6) is 0 Å². The van der Waals surface area contributed by atoms with E-state index in [1.54, 1.807) is 11.1 Å². The van der Waals surface area contributed by atoms with Crippen molar-refractivity contribution in [2.24, 2.45) is 0 Å². The average Bonchev–Trinajstić information content (AvgIpc) is 2.77. The summed E-state index contributed by atoms with van der Waals surface area (Å²) in [7, 11) is 0. The van der Waals surface area contributed by atoms with Crippen LogP contribution in [0.4, 0.5) is 0 Å². The van der Waals surface area contributed by atoms with Crippen LogP contribution in [-0.2, 0) is 0 Å². The van der Waals surface area contributed by atoms with Crippen molar-refractivity contribution >= 4 is 11.6 Å². The smallest absolute Gasteiger partial charge is 0.255 e. The molecule has 4 nitrogen and oxygen atoms in total. The number of hydrogen-bond donors (Lipinski definition) is 0. The van der Waals surface area contributed by atoms with Crippen molar-refractivity contribution in [2.75, 3.05) is 13.1 Å². The number of amides is 1. The maximum atomic E-state index is 12.1. The molecule has 0 saturated heterocycles. The summed E-state index contributed by atoms with van der Waals surface area (Å²) < 4.78 is 1.86. The van der Waals surface area contributed by atoms with Gasteiger partial charge in [-0.1, -0.05) is 0 Å². The van der Waals surface area contributed by atoms with Gasteiger partial charge in [-0.25, -0.2) is 4.98 Å². The number of imidazole rings is 1. The first kappa shape index (κ1) is 10.7. The van der Waals surface area contributed by atoms with E-state index in [1.807, 2.05) is 42.8 Å². The minimum atomic E-state index is 0.0700. The lowest BCUT2D eigenvalue weighted by atomic mass is 10.2. The average molecular weight is 217 g/mol. The van der Waals surface area contributed by atoms with Gasteiger partial charge >= 0.3 is 0 Å². The zero-order chi connectivity index (χ0) is 11.5. The van der Waals surface area contributed by atoms with Gasteiger partial charge in [0.25, 0.3) is 5.91 Å². The summed E-state index contributed by atoms with van der Waals surface area (Å²) in [6, 6.07) is 3.68. The molecule has 0 aliphatic carbocycles. The molecule has 0 bridgehead atoms. The highest BCUT2D eigenvalue weighted by Crippen LogP contribution is 2.07. The summed E-state index contributed by atoms with van der Waals surface area (Å²) in [6.45, 7) is 5.43. The van der Waals surface area contributed by atoms with Crippen LogP contribution in [0.3, 0.4) is 0 Å². The number of nitrogens with zero attached hydrogens (tertiary/aromatic N) is 3. The van der Waals surface area contributed by atoms with E-state index in [1.165, 1.54) is 0 Å². The van der Waals surface area contributed by atoms with E-state index < -0.39 is 0 Å². The largest absolute Gasteiger partial charge is 0.339 e. The van der Waals surface area contributed by atoms with Gasteiger partial charge in [-0.15, -0.1) is 0 Å². The fourth-order valence-corrected chi connectivity index (χ4v) is 1.74. The number of carbonyl (C=O) groups excluding carboxylic acids is 1. The van der Waals surface area contributed by atoms with Crippen LogP contribution >= 0.6 is 0 Å². The maximum absolute atomic E-state index is 12.1. The van der Waals surface area contributed by atoms with Crippen molar-refractivity contribution in [3.05, 3.63) is 36.3 Å². The van der Waals surface area contributed by atoms with Crippen molar-refractivity contribution in [3.8, 4) is 0 Å². The Labute approximate surface area is 94.5 Å². The summed E-state index contributed by atoms with van der Waals surface area (Å²) in [5, 5.41) is 0. The molecule has 84 valence electrons. The fraction of sp³-hybridized carbons (Fsp3) is 0.333. The van der Waals surface area contributed by atoms with Gasteiger partial charge in [0, 0.05) is 31.7 Å². The Hall–Kier alpha value is -1.84. The summed E-state index contributed by atoms with van der Waals surface area (Å²) in [6.07, 6.45) is 5.39. The predicted octanol–water partition coefficient (Wildman–Crippen LogP) is 1.82. The second-order valence-electron chi connectivity index (χ2n) is 3.59. The fourth-order valence-electron chi connectivity index (χ4n) is 1.74. The molecule has 2 rings (SSSR count). The molecular weight excluding hydrogens is 202 g/mol. The molecule has 0 saturated carbocycles. The van der Waals surface area contributed by atoms with E-state index in [9.17, 15) is 4.79 Å². The first-order chi connectivity index (χ1) is 7.76. The van der Waals surface area contributed by atoms with Crippen LogP contribution < -0.4 is 0 Å². The molecule has 0 radical (unpaired) electrons. The molecule has 1 amide bonds. The topological polar surface area (TPSA) is 37.6 Å². The van der Waals surface area contributed by atoms with Crippen LogP contribution in [0.25, 0.3) is 5.65 Å². The van der Waals surface area contributed by atoms with Gasteiger partial charge in [0.15, 0.2) is 0 Å². The first-order valence-corrected chi connectivity index (χ1v) is 5.48. The molecule has 0 aliphatic heterocycles. The monoisotopic (exact) mass is 217 g/mol. The Balaban J connectivity index is 2.35. The van der Waals surface area contributed by atoms with E-state index in [2.05, 4.69) is 4.98 Å². The molecular formula is C12H15N3O. The highest BCUT2D eigenvalue weighted by atomic mass is 16.2. The SMILES string of the molecule is CCN(CC)C(=O)c1ccc2nccn2c1. The normalized spacial score (nSPS) is 10.6. The second kappa shape index (κ2) is 4.35. The third-order valence-electron chi connectivity index (χ3n) is 2.69. The summed E-state index contributed by atoms with van der Waals surface area (Å²) >= 11 is 0. The number of rotatable bonds is 3. The standard InChI is InChI=1S/C12H15N3O/c1-3-14(4-2)12(16)10-5-6-11-13-7-8-15(11)9-10/h5-9H,3-4H2,1-2H3. The van der Waals surface area contributed by atoms with E-state index >= 15 is 0 Å². The summed E-state index contributed by atoms with van der Waals surface area (Å²) in [5.41, 5.74) is 1.56. The molecule has 4 heteroatoms. The number of pyridine rings is 1. The van der Waals surface area contributed by atoms with Crippen LogP contribution in [0.2, 0.25) is 0 Å². The molecule has 0 spiro atoms. The third kappa shape index (κ3) is 1.78. The van der Waals surface area contributed by atoms with E-state index in [-0.39, 0.29) is 5.91 Å². The molecule has 2 heterocycles. The maximum Gasteiger partial charge on any atom is 0.255 e. The summed E-state index contributed by atoms with van der Waals surface area (Å²) in [4.78, 5) is 18.0. The van der Waals surface area contributed by atoms with Gasteiger partial charge < -0.3 is 9.30 Å². The van der Waals surface area contributed by atoms with E-state index in [4.69, 9.17) is 0 Å². The van der Waals surface area contributed by atoms with E-state index in [0.29, 0.717) is 5.56 Å². The zero-order valence-corrected chi connectivity index (χ0v) is 9.55. The lowest BCUT2D eigenvalue weighted by molar-refractivity contribution is 0.0772. The van der Waals surface area contributed by atoms with E-state index in [0.717, 1.165) is 18.7 Å². The molecule has 16 heavy (non-hydrogen) atoms.